The first-order valence-electron chi connectivity index (χ1n) is 6.49. The number of aliphatic hydroxyl groups is 1. The van der Waals surface area contributed by atoms with E-state index >= 15 is 0 Å². The maximum atomic E-state index is 11.5. The van der Waals surface area contributed by atoms with Crippen molar-refractivity contribution in [3.8, 4) is 0 Å². The van der Waals surface area contributed by atoms with E-state index in [0.717, 1.165) is 44.9 Å². The third kappa shape index (κ3) is 8.72. The highest BCUT2D eigenvalue weighted by Crippen LogP contribution is 2.10. The van der Waals surface area contributed by atoms with Crippen LogP contribution in [0.3, 0.4) is 0 Å². The molecule has 0 aliphatic heterocycles. The van der Waals surface area contributed by atoms with Crippen LogP contribution in [0.4, 0.5) is 0 Å². The van der Waals surface area contributed by atoms with E-state index in [1.165, 1.54) is 0 Å². The average molecular weight is 230 g/mol. The van der Waals surface area contributed by atoms with Crippen LogP contribution in [0.1, 0.15) is 58.8 Å². The third-order valence-electron chi connectivity index (χ3n) is 2.69. The summed E-state index contributed by atoms with van der Waals surface area (Å²) in [6.07, 6.45) is 6.94. The summed E-state index contributed by atoms with van der Waals surface area (Å²) in [5.74, 6) is -0.0204. The van der Waals surface area contributed by atoms with Gasteiger partial charge in [0.15, 0.2) is 0 Å². The number of carbonyl (C=O) groups excluding carboxylic acids is 1. The molecule has 3 heteroatoms. The van der Waals surface area contributed by atoms with Crippen LogP contribution in [0, 0.1) is 5.92 Å². The highest BCUT2D eigenvalue weighted by molar-refractivity contribution is 5.71. The highest BCUT2D eigenvalue weighted by atomic mass is 16.5. The molecule has 0 bridgehead atoms. The number of hydrogen-bond acceptors (Lipinski definition) is 3. The summed E-state index contributed by atoms with van der Waals surface area (Å²) in [4.78, 5) is 11.5. The summed E-state index contributed by atoms with van der Waals surface area (Å²) in [6.45, 7) is 4.84. The molecule has 0 saturated heterocycles. The number of rotatable bonds is 10. The van der Waals surface area contributed by atoms with Crippen molar-refractivity contribution < 1.29 is 14.6 Å². The van der Waals surface area contributed by atoms with Crippen molar-refractivity contribution in [1.82, 2.24) is 0 Å². The third-order valence-corrected chi connectivity index (χ3v) is 2.69. The second kappa shape index (κ2) is 10.9. The second-order valence-electron chi connectivity index (χ2n) is 4.35. The maximum Gasteiger partial charge on any atom is 0.308 e. The van der Waals surface area contributed by atoms with Crippen molar-refractivity contribution >= 4 is 5.97 Å². The van der Waals surface area contributed by atoms with Crippen molar-refractivity contribution in [2.75, 3.05) is 13.2 Å². The fraction of sp³-hybridized carbons (Fsp3) is 0.923. The zero-order valence-corrected chi connectivity index (χ0v) is 10.7. The van der Waals surface area contributed by atoms with Gasteiger partial charge in [0, 0.05) is 6.61 Å². The van der Waals surface area contributed by atoms with Gasteiger partial charge >= 0.3 is 5.97 Å². The summed E-state index contributed by atoms with van der Waals surface area (Å²) >= 11 is 0. The van der Waals surface area contributed by atoms with Crippen LogP contribution in [-0.2, 0) is 9.53 Å². The number of unbranched alkanes of at least 4 members (excludes halogenated alkanes) is 4. The quantitative estimate of drug-likeness (QED) is 0.463. The number of esters is 1. The van der Waals surface area contributed by atoms with Crippen LogP contribution in [0.5, 0.6) is 0 Å². The topological polar surface area (TPSA) is 46.5 Å². The predicted octanol–water partition coefficient (Wildman–Crippen LogP) is 2.91. The number of ether oxygens (including phenoxy) is 1. The van der Waals surface area contributed by atoms with E-state index in [1.807, 2.05) is 6.92 Å². The van der Waals surface area contributed by atoms with Crippen molar-refractivity contribution in [2.45, 2.75) is 58.8 Å². The van der Waals surface area contributed by atoms with Gasteiger partial charge in [0.05, 0.1) is 12.5 Å². The Hall–Kier alpha value is -0.570. The van der Waals surface area contributed by atoms with Gasteiger partial charge < -0.3 is 9.84 Å². The van der Waals surface area contributed by atoms with Crippen molar-refractivity contribution in [3.63, 3.8) is 0 Å². The van der Waals surface area contributed by atoms with E-state index in [-0.39, 0.29) is 18.5 Å². The lowest BCUT2D eigenvalue weighted by Crippen LogP contribution is -2.15. The summed E-state index contributed by atoms with van der Waals surface area (Å²) < 4.78 is 5.18. The lowest BCUT2D eigenvalue weighted by Gasteiger charge is -2.10. The zero-order chi connectivity index (χ0) is 12.2. The van der Waals surface area contributed by atoms with Gasteiger partial charge in [0.25, 0.3) is 0 Å². The summed E-state index contributed by atoms with van der Waals surface area (Å²) in [7, 11) is 0. The van der Waals surface area contributed by atoms with Gasteiger partial charge in [-0.3, -0.25) is 4.79 Å². The number of hydrogen-bond donors (Lipinski definition) is 1. The lowest BCUT2D eigenvalue weighted by atomic mass is 10.1. The molecule has 0 aliphatic carbocycles. The lowest BCUT2D eigenvalue weighted by molar-refractivity contribution is -0.148. The van der Waals surface area contributed by atoms with Crippen LogP contribution in [-0.4, -0.2) is 24.3 Å². The van der Waals surface area contributed by atoms with Gasteiger partial charge in [-0.15, -0.1) is 0 Å². The van der Waals surface area contributed by atoms with Crippen LogP contribution in [0.2, 0.25) is 0 Å². The minimum absolute atomic E-state index is 0.0393. The van der Waals surface area contributed by atoms with E-state index < -0.39 is 0 Å². The molecule has 0 aromatic rings. The first-order valence-corrected chi connectivity index (χ1v) is 6.49. The first-order chi connectivity index (χ1) is 7.72. The molecule has 0 aromatic carbocycles. The van der Waals surface area contributed by atoms with Gasteiger partial charge in [-0.25, -0.2) is 0 Å². The summed E-state index contributed by atoms with van der Waals surface area (Å²) in [5.41, 5.74) is 0. The molecular formula is C13H26O3. The molecule has 0 spiro atoms. The van der Waals surface area contributed by atoms with Crippen molar-refractivity contribution in [2.24, 2.45) is 5.92 Å². The maximum absolute atomic E-state index is 11.5. The highest BCUT2D eigenvalue weighted by Gasteiger charge is 2.12. The second-order valence-corrected chi connectivity index (χ2v) is 4.35. The molecule has 0 amide bonds. The molecule has 0 heterocycles. The molecule has 16 heavy (non-hydrogen) atoms. The smallest absolute Gasteiger partial charge is 0.308 e. The van der Waals surface area contributed by atoms with Crippen molar-refractivity contribution in [3.05, 3.63) is 0 Å². The monoisotopic (exact) mass is 230 g/mol. The molecule has 0 saturated carbocycles. The predicted molar refractivity (Wildman–Crippen MR) is 65.2 cm³/mol. The largest absolute Gasteiger partial charge is 0.465 e. The Balaban J connectivity index is 3.35. The Kier molecular flexibility index (Phi) is 10.5. The summed E-state index contributed by atoms with van der Waals surface area (Å²) in [6, 6.07) is 0. The molecule has 0 aromatic heterocycles. The minimum atomic E-state index is -0.0596. The Bertz CT molecular complexity index is 169. The van der Waals surface area contributed by atoms with Gasteiger partial charge in [-0.05, 0) is 25.7 Å². The average Bonchev–Trinajstić information content (AvgIpc) is 2.30. The molecule has 0 rings (SSSR count). The Morgan fingerprint density at radius 2 is 1.88 bits per heavy atom. The zero-order valence-electron chi connectivity index (χ0n) is 10.7. The molecule has 1 unspecified atom stereocenters. The summed E-state index contributed by atoms with van der Waals surface area (Å²) in [5, 5.41) is 8.58. The Morgan fingerprint density at radius 1 is 1.19 bits per heavy atom. The van der Waals surface area contributed by atoms with Crippen LogP contribution in [0.25, 0.3) is 0 Å². The van der Waals surface area contributed by atoms with Gasteiger partial charge in [0.2, 0.25) is 0 Å². The van der Waals surface area contributed by atoms with E-state index in [1.54, 1.807) is 0 Å². The molecule has 1 N–H and O–H groups in total. The van der Waals surface area contributed by atoms with Crippen molar-refractivity contribution in [1.29, 1.82) is 0 Å². The fourth-order valence-corrected chi connectivity index (χ4v) is 1.51. The number of aliphatic hydroxyl groups excluding tert-OH is 1. The number of carbonyl (C=O) groups is 1. The molecule has 0 radical (unpaired) electrons. The first kappa shape index (κ1) is 15.4. The molecule has 96 valence electrons. The molecular weight excluding hydrogens is 204 g/mol. The normalized spacial score (nSPS) is 12.4. The Labute approximate surface area is 99.2 Å². The molecule has 0 aliphatic rings. The molecule has 0 fully saturated rings. The van der Waals surface area contributed by atoms with Crippen LogP contribution in [0.15, 0.2) is 0 Å². The fourth-order valence-electron chi connectivity index (χ4n) is 1.51. The Morgan fingerprint density at radius 3 is 2.50 bits per heavy atom. The van der Waals surface area contributed by atoms with E-state index in [9.17, 15) is 4.79 Å². The van der Waals surface area contributed by atoms with Gasteiger partial charge in [0.1, 0.15) is 0 Å². The SMILES string of the molecule is CCCCC(C)C(=O)OCCCCCCO. The van der Waals surface area contributed by atoms with Gasteiger partial charge in [-0.1, -0.05) is 33.1 Å². The van der Waals surface area contributed by atoms with E-state index in [2.05, 4.69) is 6.92 Å². The van der Waals surface area contributed by atoms with Crippen LogP contribution < -0.4 is 0 Å². The van der Waals surface area contributed by atoms with E-state index in [4.69, 9.17) is 9.84 Å². The molecule has 1 atom stereocenters. The standard InChI is InChI=1S/C13H26O3/c1-3-4-9-12(2)13(15)16-11-8-6-5-7-10-14/h12,14H,3-11H2,1-2H3. The van der Waals surface area contributed by atoms with Gasteiger partial charge in [-0.2, -0.15) is 0 Å². The minimum Gasteiger partial charge on any atom is -0.465 e. The van der Waals surface area contributed by atoms with Crippen LogP contribution >= 0.6 is 0 Å². The van der Waals surface area contributed by atoms with E-state index in [0.29, 0.717) is 6.61 Å². The molecule has 3 nitrogen and oxygen atoms in total.